The Labute approximate surface area is 144 Å². The van der Waals surface area contributed by atoms with Crippen molar-refractivity contribution in [2.24, 2.45) is 0 Å². The Morgan fingerprint density at radius 2 is 1.91 bits per heavy atom. The highest BCUT2D eigenvalue weighted by molar-refractivity contribution is 7.10. The number of aryl methyl sites for hydroxylation is 1. The predicted octanol–water partition coefficient (Wildman–Crippen LogP) is 4.95. The third kappa shape index (κ3) is 3.97. The van der Waals surface area contributed by atoms with Crippen LogP contribution in [0.3, 0.4) is 0 Å². The lowest BCUT2D eigenvalue weighted by molar-refractivity contribution is -0.115. The number of halogens is 1. The van der Waals surface area contributed by atoms with Crippen molar-refractivity contribution in [1.82, 2.24) is 4.98 Å². The van der Waals surface area contributed by atoms with Crippen LogP contribution < -0.4 is 5.32 Å². The van der Waals surface area contributed by atoms with Gasteiger partial charge in [-0.2, -0.15) is 0 Å². The van der Waals surface area contributed by atoms with Gasteiger partial charge in [0.15, 0.2) is 0 Å². The van der Waals surface area contributed by atoms with Crippen molar-refractivity contribution < 1.29 is 4.79 Å². The van der Waals surface area contributed by atoms with E-state index in [0.29, 0.717) is 5.02 Å². The van der Waals surface area contributed by atoms with E-state index in [0.717, 1.165) is 27.5 Å². The van der Waals surface area contributed by atoms with Gasteiger partial charge in [0.2, 0.25) is 5.91 Å². The maximum Gasteiger partial charge on any atom is 0.231 e. The Bertz CT molecular complexity index is 827. The van der Waals surface area contributed by atoms with Gasteiger partial charge in [-0.1, -0.05) is 41.9 Å². The van der Waals surface area contributed by atoms with Gasteiger partial charge in [0.05, 0.1) is 12.1 Å². The fourth-order valence-corrected chi connectivity index (χ4v) is 3.12. The Balaban J connectivity index is 1.68. The fraction of sp³-hybridized carbons (Fsp3) is 0.111. The lowest BCUT2D eigenvalue weighted by atomic mass is 10.2. The van der Waals surface area contributed by atoms with Crippen LogP contribution in [0.25, 0.3) is 11.3 Å². The number of benzene rings is 2. The number of anilines is 1. The molecule has 0 spiro atoms. The minimum Gasteiger partial charge on any atom is -0.325 e. The first-order valence-corrected chi connectivity index (χ1v) is 8.43. The highest BCUT2D eigenvalue weighted by Gasteiger charge is 2.10. The second kappa shape index (κ2) is 6.94. The van der Waals surface area contributed by atoms with Gasteiger partial charge in [-0.05, 0) is 30.7 Å². The van der Waals surface area contributed by atoms with Gasteiger partial charge in [-0.3, -0.25) is 4.79 Å². The van der Waals surface area contributed by atoms with Gasteiger partial charge < -0.3 is 5.32 Å². The molecule has 0 saturated heterocycles. The zero-order chi connectivity index (χ0) is 16.2. The summed E-state index contributed by atoms with van der Waals surface area (Å²) < 4.78 is 0. The number of aromatic nitrogens is 1. The SMILES string of the molecule is Cc1ccccc1NC(=O)Cc1nc(-c2ccc(Cl)cc2)cs1. The van der Waals surface area contributed by atoms with Crippen molar-refractivity contribution >= 4 is 34.5 Å². The third-order valence-corrected chi connectivity index (χ3v) is 4.52. The number of carbonyl (C=O) groups excluding carboxylic acids is 1. The number of thiazole rings is 1. The molecule has 1 aromatic heterocycles. The quantitative estimate of drug-likeness (QED) is 0.728. The van der Waals surface area contributed by atoms with Crippen LogP contribution in [0.2, 0.25) is 5.02 Å². The first kappa shape index (κ1) is 15.7. The van der Waals surface area contributed by atoms with Crippen molar-refractivity contribution in [3.8, 4) is 11.3 Å². The summed E-state index contributed by atoms with van der Waals surface area (Å²) in [4.78, 5) is 16.7. The first-order valence-electron chi connectivity index (χ1n) is 7.17. The van der Waals surface area contributed by atoms with E-state index in [4.69, 9.17) is 11.6 Å². The maximum atomic E-state index is 12.2. The molecule has 23 heavy (non-hydrogen) atoms. The average Bonchev–Trinajstić information content (AvgIpc) is 2.98. The number of nitrogens with zero attached hydrogens (tertiary/aromatic N) is 1. The normalized spacial score (nSPS) is 10.5. The average molecular weight is 343 g/mol. The summed E-state index contributed by atoms with van der Waals surface area (Å²) in [7, 11) is 0. The molecule has 116 valence electrons. The smallest absolute Gasteiger partial charge is 0.231 e. The summed E-state index contributed by atoms with van der Waals surface area (Å²) in [5.41, 5.74) is 3.75. The Morgan fingerprint density at radius 3 is 2.65 bits per heavy atom. The molecule has 3 nitrogen and oxygen atoms in total. The summed E-state index contributed by atoms with van der Waals surface area (Å²) in [5.74, 6) is -0.0590. The molecule has 0 aliphatic heterocycles. The molecule has 5 heteroatoms. The molecule has 0 unspecified atom stereocenters. The molecule has 0 aliphatic rings. The van der Waals surface area contributed by atoms with Crippen LogP contribution >= 0.6 is 22.9 Å². The molecule has 1 N–H and O–H groups in total. The van der Waals surface area contributed by atoms with Crippen LogP contribution in [-0.4, -0.2) is 10.9 Å². The van der Waals surface area contributed by atoms with Crippen molar-refractivity contribution in [3.63, 3.8) is 0 Å². The number of hydrogen-bond acceptors (Lipinski definition) is 3. The van der Waals surface area contributed by atoms with Crippen molar-refractivity contribution in [2.45, 2.75) is 13.3 Å². The van der Waals surface area contributed by atoms with E-state index >= 15 is 0 Å². The van der Waals surface area contributed by atoms with E-state index in [1.165, 1.54) is 11.3 Å². The number of para-hydroxylation sites is 1. The van der Waals surface area contributed by atoms with Crippen LogP contribution in [-0.2, 0) is 11.2 Å². The van der Waals surface area contributed by atoms with Crippen LogP contribution in [0.15, 0.2) is 53.9 Å². The second-order valence-corrected chi connectivity index (χ2v) is 6.55. The van der Waals surface area contributed by atoms with E-state index < -0.39 is 0 Å². The van der Waals surface area contributed by atoms with Crippen molar-refractivity contribution in [3.05, 3.63) is 69.5 Å². The molecule has 0 radical (unpaired) electrons. The molecule has 0 saturated carbocycles. The van der Waals surface area contributed by atoms with Gasteiger partial charge in [-0.25, -0.2) is 4.98 Å². The minimum absolute atomic E-state index is 0.0590. The number of amides is 1. The molecular formula is C18H15ClN2OS. The highest BCUT2D eigenvalue weighted by atomic mass is 35.5. The highest BCUT2D eigenvalue weighted by Crippen LogP contribution is 2.24. The molecule has 3 rings (SSSR count). The molecule has 0 fully saturated rings. The van der Waals surface area contributed by atoms with E-state index in [-0.39, 0.29) is 12.3 Å². The summed E-state index contributed by atoms with van der Waals surface area (Å²) in [6.45, 7) is 1.97. The standard InChI is InChI=1S/C18H15ClN2OS/c1-12-4-2-3-5-15(12)20-17(22)10-18-21-16(11-23-18)13-6-8-14(19)9-7-13/h2-9,11H,10H2,1H3,(H,20,22). The largest absolute Gasteiger partial charge is 0.325 e. The topological polar surface area (TPSA) is 42.0 Å². The number of rotatable bonds is 4. The molecule has 1 heterocycles. The van der Waals surface area contributed by atoms with Crippen molar-refractivity contribution in [2.75, 3.05) is 5.32 Å². The predicted molar refractivity (Wildman–Crippen MR) is 96.1 cm³/mol. The lowest BCUT2D eigenvalue weighted by Crippen LogP contribution is -2.14. The first-order chi connectivity index (χ1) is 11.1. The van der Waals surface area contributed by atoms with E-state index in [2.05, 4.69) is 10.3 Å². The zero-order valence-corrected chi connectivity index (χ0v) is 14.1. The Morgan fingerprint density at radius 1 is 1.17 bits per heavy atom. The van der Waals surface area contributed by atoms with Gasteiger partial charge >= 0.3 is 0 Å². The molecule has 0 bridgehead atoms. The Hall–Kier alpha value is -2.17. The van der Waals surface area contributed by atoms with Gasteiger partial charge in [0, 0.05) is 21.7 Å². The lowest BCUT2D eigenvalue weighted by Gasteiger charge is -2.06. The van der Waals surface area contributed by atoms with Crippen LogP contribution in [0.4, 0.5) is 5.69 Å². The number of hydrogen-bond donors (Lipinski definition) is 1. The number of nitrogens with one attached hydrogen (secondary N) is 1. The van der Waals surface area contributed by atoms with Crippen LogP contribution in [0.5, 0.6) is 0 Å². The molecular weight excluding hydrogens is 328 g/mol. The van der Waals surface area contributed by atoms with Crippen molar-refractivity contribution in [1.29, 1.82) is 0 Å². The van der Waals surface area contributed by atoms with E-state index in [1.807, 2.05) is 60.8 Å². The fourth-order valence-electron chi connectivity index (χ4n) is 2.19. The minimum atomic E-state index is -0.0590. The summed E-state index contributed by atoms with van der Waals surface area (Å²) >= 11 is 7.38. The molecule has 0 atom stereocenters. The maximum absolute atomic E-state index is 12.2. The Kier molecular flexibility index (Phi) is 4.74. The molecule has 0 aliphatic carbocycles. The summed E-state index contributed by atoms with van der Waals surface area (Å²) in [5, 5.41) is 6.37. The van der Waals surface area contributed by atoms with E-state index in [1.54, 1.807) is 0 Å². The molecule has 3 aromatic rings. The number of carbonyl (C=O) groups is 1. The molecule has 1 amide bonds. The molecule has 2 aromatic carbocycles. The monoisotopic (exact) mass is 342 g/mol. The van der Waals surface area contributed by atoms with Gasteiger partial charge in [0.25, 0.3) is 0 Å². The summed E-state index contributed by atoms with van der Waals surface area (Å²) in [6, 6.07) is 15.2. The van der Waals surface area contributed by atoms with E-state index in [9.17, 15) is 4.79 Å². The second-order valence-electron chi connectivity index (χ2n) is 5.17. The third-order valence-electron chi connectivity index (χ3n) is 3.42. The summed E-state index contributed by atoms with van der Waals surface area (Å²) in [6.07, 6.45) is 0.270. The zero-order valence-electron chi connectivity index (χ0n) is 12.5. The van der Waals surface area contributed by atoms with Gasteiger partial charge in [-0.15, -0.1) is 11.3 Å². The van der Waals surface area contributed by atoms with Crippen LogP contribution in [0, 0.1) is 6.92 Å². The van der Waals surface area contributed by atoms with Crippen LogP contribution in [0.1, 0.15) is 10.6 Å². The van der Waals surface area contributed by atoms with Gasteiger partial charge in [0.1, 0.15) is 5.01 Å².